The molecular weight excluding hydrogens is 262 g/mol. The van der Waals surface area contributed by atoms with Crippen molar-refractivity contribution in [3.8, 4) is 0 Å². The molecule has 0 saturated heterocycles. The Bertz CT molecular complexity index is 414. The van der Waals surface area contributed by atoms with E-state index in [1.54, 1.807) is 19.1 Å². The standard InChI is InChI=1S/C14H21NO3S/c1-9(2)8-10(3)18-14(17)11(4)15-13(16)12-6-5-7-19-12/h5-7,9-11H,8H2,1-4H3,(H,15,16)/t10-,11+/m1/s1. The van der Waals surface area contributed by atoms with E-state index in [9.17, 15) is 9.59 Å². The van der Waals surface area contributed by atoms with E-state index in [1.807, 2.05) is 12.3 Å². The van der Waals surface area contributed by atoms with Crippen LogP contribution < -0.4 is 5.32 Å². The number of nitrogens with one attached hydrogen (secondary N) is 1. The molecule has 0 spiro atoms. The molecule has 1 N–H and O–H groups in total. The van der Waals surface area contributed by atoms with Crippen LogP contribution in [0.5, 0.6) is 0 Å². The van der Waals surface area contributed by atoms with Gasteiger partial charge in [-0.3, -0.25) is 4.79 Å². The van der Waals surface area contributed by atoms with Crippen LogP contribution in [0.1, 0.15) is 43.8 Å². The van der Waals surface area contributed by atoms with Crippen LogP contribution in [0.3, 0.4) is 0 Å². The second-order valence-corrected chi connectivity index (χ2v) is 6.00. The molecular formula is C14H21NO3S. The topological polar surface area (TPSA) is 55.4 Å². The molecule has 0 fully saturated rings. The van der Waals surface area contributed by atoms with Gasteiger partial charge >= 0.3 is 5.97 Å². The van der Waals surface area contributed by atoms with Gasteiger partial charge in [0.15, 0.2) is 0 Å². The molecule has 0 aliphatic carbocycles. The first-order valence-electron chi connectivity index (χ1n) is 6.45. The second kappa shape index (κ2) is 7.28. The highest BCUT2D eigenvalue weighted by Gasteiger charge is 2.20. The first-order chi connectivity index (χ1) is 8.90. The number of carbonyl (C=O) groups is 2. The van der Waals surface area contributed by atoms with Crippen molar-refractivity contribution in [1.82, 2.24) is 5.32 Å². The Kier molecular flexibility index (Phi) is 6.02. The summed E-state index contributed by atoms with van der Waals surface area (Å²) in [6, 6.07) is 2.89. The van der Waals surface area contributed by atoms with Crippen molar-refractivity contribution in [2.24, 2.45) is 5.92 Å². The molecule has 1 amide bonds. The van der Waals surface area contributed by atoms with Crippen molar-refractivity contribution in [3.63, 3.8) is 0 Å². The lowest BCUT2D eigenvalue weighted by Gasteiger charge is -2.18. The molecule has 1 aromatic rings. The molecule has 0 radical (unpaired) electrons. The third-order valence-electron chi connectivity index (χ3n) is 2.57. The van der Waals surface area contributed by atoms with Gasteiger partial charge in [-0.1, -0.05) is 19.9 Å². The van der Waals surface area contributed by atoms with Crippen LogP contribution in [0.25, 0.3) is 0 Å². The molecule has 0 bridgehead atoms. The predicted molar refractivity (Wildman–Crippen MR) is 76.3 cm³/mol. The Hall–Kier alpha value is -1.36. The summed E-state index contributed by atoms with van der Waals surface area (Å²) in [5.74, 6) is -0.159. The lowest BCUT2D eigenvalue weighted by Crippen LogP contribution is -2.40. The van der Waals surface area contributed by atoms with E-state index in [2.05, 4.69) is 19.2 Å². The Morgan fingerprint density at radius 2 is 2.00 bits per heavy atom. The SMILES string of the molecule is CC(C)C[C@@H](C)OC(=O)[C@H](C)NC(=O)c1cccs1. The van der Waals surface area contributed by atoms with Crippen LogP contribution in [-0.4, -0.2) is 24.0 Å². The Labute approximate surface area is 118 Å². The third kappa shape index (κ3) is 5.42. The number of ether oxygens (including phenoxy) is 1. The fourth-order valence-corrected chi connectivity index (χ4v) is 2.37. The number of thiophene rings is 1. The summed E-state index contributed by atoms with van der Waals surface area (Å²) in [5.41, 5.74) is 0. The zero-order chi connectivity index (χ0) is 14.4. The third-order valence-corrected chi connectivity index (χ3v) is 3.44. The van der Waals surface area contributed by atoms with E-state index >= 15 is 0 Å². The van der Waals surface area contributed by atoms with Gasteiger partial charge in [-0.25, -0.2) is 4.79 Å². The van der Waals surface area contributed by atoms with E-state index in [0.717, 1.165) is 6.42 Å². The molecule has 0 unspecified atom stereocenters. The van der Waals surface area contributed by atoms with E-state index in [1.165, 1.54) is 11.3 Å². The van der Waals surface area contributed by atoms with Crippen LogP contribution in [0.2, 0.25) is 0 Å². The monoisotopic (exact) mass is 283 g/mol. The van der Waals surface area contributed by atoms with Crippen molar-refractivity contribution < 1.29 is 14.3 Å². The van der Waals surface area contributed by atoms with Gasteiger partial charge in [-0.05, 0) is 37.6 Å². The van der Waals surface area contributed by atoms with Gasteiger partial charge in [-0.15, -0.1) is 11.3 Å². The number of amides is 1. The largest absolute Gasteiger partial charge is 0.461 e. The minimum absolute atomic E-state index is 0.131. The van der Waals surface area contributed by atoms with Gasteiger partial charge in [0.2, 0.25) is 0 Å². The first-order valence-corrected chi connectivity index (χ1v) is 7.33. The predicted octanol–water partition coefficient (Wildman–Crippen LogP) is 2.84. The van der Waals surface area contributed by atoms with Crippen molar-refractivity contribution >= 4 is 23.2 Å². The van der Waals surface area contributed by atoms with Crippen molar-refractivity contribution in [2.75, 3.05) is 0 Å². The Balaban J connectivity index is 2.42. The average Bonchev–Trinajstić information content (AvgIpc) is 2.80. The van der Waals surface area contributed by atoms with Gasteiger partial charge in [0.25, 0.3) is 5.91 Å². The quantitative estimate of drug-likeness (QED) is 0.817. The van der Waals surface area contributed by atoms with E-state index < -0.39 is 12.0 Å². The molecule has 0 aromatic carbocycles. The van der Waals surface area contributed by atoms with Crippen LogP contribution >= 0.6 is 11.3 Å². The zero-order valence-electron chi connectivity index (χ0n) is 11.8. The molecule has 1 aromatic heterocycles. The highest BCUT2D eigenvalue weighted by Crippen LogP contribution is 2.10. The number of carbonyl (C=O) groups excluding carboxylic acids is 2. The van der Waals surface area contributed by atoms with Crippen molar-refractivity contribution in [1.29, 1.82) is 0 Å². The van der Waals surface area contributed by atoms with Crippen molar-refractivity contribution in [3.05, 3.63) is 22.4 Å². The Morgan fingerprint density at radius 1 is 1.32 bits per heavy atom. The molecule has 0 aliphatic rings. The Morgan fingerprint density at radius 3 is 2.53 bits per heavy atom. The zero-order valence-corrected chi connectivity index (χ0v) is 12.6. The maximum Gasteiger partial charge on any atom is 0.328 e. The molecule has 0 aliphatic heterocycles. The molecule has 2 atom stereocenters. The molecule has 1 heterocycles. The number of hydrogen-bond donors (Lipinski definition) is 1. The molecule has 4 nitrogen and oxygen atoms in total. The normalized spacial score (nSPS) is 13.9. The lowest BCUT2D eigenvalue weighted by molar-refractivity contribution is -0.150. The number of rotatable bonds is 6. The molecule has 0 saturated carbocycles. The lowest BCUT2D eigenvalue weighted by atomic mass is 10.1. The summed E-state index contributed by atoms with van der Waals surface area (Å²) in [6.45, 7) is 7.65. The minimum atomic E-state index is -0.635. The van der Waals surface area contributed by atoms with E-state index in [-0.39, 0.29) is 12.0 Å². The van der Waals surface area contributed by atoms with Crippen LogP contribution in [0.4, 0.5) is 0 Å². The van der Waals surface area contributed by atoms with Crippen LogP contribution in [0, 0.1) is 5.92 Å². The fourth-order valence-electron chi connectivity index (χ4n) is 1.75. The molecule has 5 heteroatoms. The highest BCUT2D eigenvalue weighted by atomic mass is 32.1. The van der Waals surface area contributed by atoms with Crippen LogP contribution in [-0.2, 0) is 9.53 Å². The van der Waals surface area contributed by atoms with Gasteiger partial charge in [0.05, 0.1) is 11.0 Å². The summed E-state index contributed by atoms with van der Waals surface area (Å²) in [7, 11) is 0. The highest BCUT2D eigenvalue weighted by molar-refractivity contribution is 7.12. The average molecular weight is 283 g/mol. The molecule has 19 heavy (non-hydrogen) atoms. The summed E-state index contributed by atoms with van der Waals surface area (Å²) < 4.78 is 5.29. The number of esters is 1. The van der Waals surface area contributed by atoms with Crippen molar-refractivity contribution in [2.45, 2.75) is 46.3 Å². The van der Waals surface area contributed by atoms with Gasteiger partial charge in [-0.2, -0.15) is 0 Å². The summed E-state index contributed by atoms with van der Waals surface area (Å²) >= 11 is 1.34. The maximum atomic E-state index is 11.8. The van der Waals surface area contributed by atoms with Crippen LogP contribution in [0.15, 0.2) is 17.5 Å². The minimum Gasteiger partial charge on any atom is -0.461 e. The first kappa shape index (κ1) is 15.7. The van der Waals surface area contributed by atoms with Gasteiger partial charge in [0.1, 0.15) is 6.04 Å². The fraction of sp³-hybridized carbons (Fsp3) is 0.571. The van der Waals surface area contributed by atoms with E-state index in [0.29, 0.717) is 10.8 Å². The van der Waals surface area contributed by atoms with Gasteiger partial charge in [0, 0.05) is 0 Å². The maximum absolute atomic E-state index is 11.8. The smallest absolute Gasteiger partial charge is 0.328 e. The second-order valence-electron chi connectivity index (χ2n) is 5.05. The van der Waals surface area contributed by atoms with Gasteiger partial charge < -0.3 is 10.1 Å². The summed E-state index contributed by atoms with van der Waals surface area (Å²) in [5, 5.41) is 4.46. The summed E-state index contributed by atoms with van der Waals surface area (Å²) in [4.78, 5) is 24.2. The summed E-state index contributed by atoms with van der Waals surface area (Å²) in [6.07, 6.45) is 0.686. The number of hydrogen-bond acceptors (Lipinski definition) is 4. The van der Waals surface area contributed by atoms with E-state index in [4.69, 9.17) is 4.74 Å². The molecule has 106 valence electrons. The molecule has 1 rings (SSSR count).